The number of rotatable bonds is 4. The minimum atomic E-state index is -1.10. The van der Waals surface area contributed by atoms with Crippen LogP contribution in [-0.2, 0) is 0 Å². The van der Waals surface area contributed by atoms with E-state index in [1.165, 1.54) is 6.07 Å². The Balaban J connectivity index is 2.41. The minimum absolute atomic E-state index is 0.00352. The van der Waals surface area contributed by atoms with Gasteiger partial charge in [-0.2, -0.15) is 0 Å². The molecule has 0 atom stereocenters. The molecule has 0 radical (unpaired) electrons. The molecule has 7 heteroatoms. The van der Waals surface area contributed by atoms with Crippen molar-refractivity contribution in [3.63, 3.8) is 0 Å². The van der Waals surface area contributed by atoms with E-state index < -0.39 is 5.97 Å². The molecule has 2 aromatic rings. The first-order chi connectivity index (χ1) is 9.93. The summed E-state index contributed by atoms with van der Waals surface area (Å²) in [5, 5.41) is 9.05. The number of anilines is 1. The summed E-state index contributed by atoms with van der Waals surface area (Å²) in [4.78, 5) is 11.1. The fraction of sp³-hybridized carbons (Fsp3) is 0.0714. The number of carboxylic acid groups (broad SMARTS) is 1. The lowest BCUT2D eigenvalue weighted by atomic mass is 10.1. The molecule has 21 heavy (non-hydrogen) atoms. The lowest BCUT2D eigenvalue weighted by molar-refractivity contribution is 0.0697. The van der Waals surface area contributed by atoms with E-state index in [0.717, 1.165) is 0 Å². The third kappa shape index (κ3) is 3.30. The summed E-state index contributed by atoms with van der Waals surface area (Å²) in [6.07, 6.45) is 0. The molecular weight excluding hydrogens is 406 g/mol. The number of benzene rings is 2. The van der Waals surface area contributed by atoms with Crippen LogP contribution in [0.3, 0.4) is 0 Å². The Morgan fingerprint density at radius 2 is 1.76 bits per heavy atom. The largest absolute Gasteiger partial charge is 0.496 e. The summed E-state index contributed by atoms with van der Waals surface area (Å²) < 4.78 is 12.2. The molecule has 0 amide bonds. The molecular formula is C14H11Br2NO4. The van der Waals surface area contributed by atoms with Crippen LogP contribution >= 0.6 is 31.9 Å². The number of carbonyl (C=O) groups is 1. The molecule has 0 saturated heterocycles. The van der Waals surface area contributed by atoms with Crippen LogP contribution in [0.5, 0.6) is 17.2 Å². The van der Waals surface area contributed by atoms with Crippen LogP contribution in [0.1, 0.15) is 10.4 Å². The SMILES string of the molecule is COc1cc(Br)c(Oc2cccc(C(=O)O)c2N)cc1Br. The Morgan fingerprint density at radius 3 is 2.38 bits per heavy atom. The number of ether oxygens (including phenoxy) is 2. The lowest BCUT2D eigenvalue weighted by Gasteiger charge is -2.13. The predicted molar refractivity (Wildman–Crippen MR) is 86.3 cm³/mol. The third-order valence-corrected chi connectivity index (χ3v) is 3.96. The van der Waals surface area contributed by atoms with E-state index >= 15 is 0 Å². The molecule has 2 rings (SSSR count). The predicted octanol–water partition coefficient (Wildman–Crippen LogP) is 4.29. The highest BCUT2D eigenvalue weighted by Crippen LogP contribution is 2.39. The number of methoxy groups -OCH3 is 1. The van der Waals surface area contributed by atoms with E-state index in [0.29, 0.717) is 20.4 Å². The first-order valence-electron chi connectivity index (χ1n) is 5.76. The van der Waals surface area contributed by atoms with Gasteiger partial charge in [0.1, 0.15) is 11.5 Å². The summed E-state index contributed by atoms with van der Waals surface area (Å²) in [7, 11) is 1.56. The summed E-state index contributed by atoms with van der Waals surface area (Å²) >= 11 is 6.73. The molecule has 0 saturated carbocycles. The van der Waals surface area contributed by atoms with Gasteiger partial charge in [-0.15, -0.1) is 0 Å². The van der Waals surface area contributed by atoms with Gasteiger partial charge < -0.3 is 20.3 Å². The number of aromatic carboxylic acids is 1. The van der Waals surface area contributed by atoms with E-state index in [1.54, 1.807) is 31.4 Å². The van der Waals surface area contributed by atoms with Crippen LogP contribution < -0.4 is 15.2 Å². The average Bonchev–Trinajstić information content (AvgIpc) is 2.44. The van der Waals surface area contributed by atoms with Crippen LogP contribution in [0.4, 0.5) is 5.69 Å². The smallest absolute Gasteiger partial charge is 0.337 e. The zero-order valence-electron chi connectivity index (χ0n) is 10.9. The van der Waals surface area contributed by atoms with Crippen molar-refractivity contribution in [3.8, 4) is 17.2 Å². The van der Waals surface area contributed by atoms with Crippen molar-refractivity contribution < 1.29 is 19.4 Å². The topological polar surface area (TPSA) is 81.8 Å². The van der Waals surface area contributed by atoms with Crippen LogP contribution in [0, 0.1) is 0 Å². The van der Waals surface area contributed by atoms with Crippen LogP contribution in [0.15, 0.2) is 39.3 Å². The Hall–Kier alpha value is -1.73. The van der Waals surface area contributed by atoms with Gasteiger partial charge in [0.15, 0.2) is 5.75 Å². The van der Waals surface area contributed by atoms with Crippen molar-refractivity contribution in [3.05, 3.63) is 44.8 Å². The van der Waals surface area contributed by atoms with Gasteiger partial charge in [-0.05, 0) is 56.1 Å². The maximum absolute atomic E-state index is 11.1. The van der Waals surface area contributed by atoms with Gasteiger partial charge in [0, 0.05) is 0 Å². The lowest BCUT2D eigenvalue weighted by Crippen LogP contribution is -2.03. The maximum atomic E-state index is 11.1. The molecule has 3 N–H and O–H groups in total. The first-order valence-corrected chi connectivity index (χ1v) is 7.35. The summed E-state index contributed by atoms with van der Waals surface area (Å²) in [6.45, 7) is 0. The van der Waals surface area contributed by atoms with Crippen molar-refractivity contribution in [2.24, 2.45) is 0 Å². The Morgan fingerprint density at radius 1 is 1.14 bits per heavy atom. The zero-order valence-corrected chi connectivity index (χ0v) is 14.1. The quantitative estimate of drug-likeness (QED) is 0.726. The van der Waals surface area contributed by atoms with Crippen molar-refractivity contribution in [1.29, 1.82) is 0 Å². The van der Waals surface area contributed by atoms with Crippen LogP contribution in [-0.4, -0.2) is 18.2 Å². The average molecular weight is 417 g/mol. The fourth-order valence-electron chi connectivity index (χ4n) is 1.68. The van der Waals surface area contributed by atoms with Gasteiger partial charge >= 0.3 is 5.97 Å². The molecule has 0 aliphatic carbocycles. The van der Waals surface area contributed by atoms with E-state index in [1.807, 2.05) is 0 Å². The second-order valence-electron chi connectivity index (χ2n) is 4.04. The molecule has 0 unspecified atom stereocenters. The number of nitrogens with two attached hydrogens (primary N) is 1. The highest BCUT2D eigenvalue weighted by molar-refractivity contribution is 9.11. The number of nitrogen functional groups attached to an aromatic ring is 1. The zero-order chi connectivity index (χ0) is 15.6. The van der Waals surface area contributed by atoms with Crippen molar-refractivity contribution >= 4 is 43.5 Å². The number of carboxylic acids is 1. The van der Waals surface area contributed by atoms with Gasteiger partial charge in [0.2, 0.25) is 0 Å². The number of hydrogen-bond acceptors (Lipinski definition) is 4. The van der Waals surface area contributed by atoms with Gasteiger partial charge in [0.25, 0.3) is 0 Å². The molecule has 0 aromatic heterocycles. The van der Waals surface area contributed by atoms with Crippen molar-refractivity contribution in [2.75, 3.05) is 12.8 Å². The molecule has 2 aromatic carbocycles. The maximum Gasteiger partial charge on any atom is 0.337 e. The van der Waals surface area contributed by atoms with Gasteiger partial charge in [-0.1, -0.05) is 6.07 Å². The van der Waals surface area contributed by atoms with Crippen molar-refractivity contribution in [1.82, 2.24) is 0 Å². The summed E-state index contributed by atoms with van der Waals surface area (Å²) in [6, 6.07) is 8.03. The molecule has 0 spiro atoms. The van der Waals surface area contributed by atoms with Crippen LogP contribution in [0.2, 0.25) is 0 Å². The van der Waals surface area contributed by atoms with Gasteiger partial charge in [-0.3, -0.25) is 0 Å². The number of halogens is 2. The first kappa shape index (κ1) is 15.7. The standard InChI is InChI=1S/C14H11Br2NO4/c1-20-11-5-9(16)12(6-8(11)15)21-10-4-2-3-7(13(10)17)14(18)19/h2-6H,17H2,1H3,(H,18,19). The molecule has 0 aliphatic heterocycles. The molecule has 0 fully saturated rings. The molecule has 0 heterocycles. The Kier molecular flexibility index (Phi) is 4.74. The van der Waals surface area contributed by atoms with E-state index in [-0.39, 0.29) is 17.0 Å². The monoisotopic (exact) mass is 415 g/mol. The molecule has 110 valence electrons. The van der Waals surface area contributed by atoms with E-state index in [4.69, 9.17) is 20.3 Å². The van der Waals surface area contributed by atoms with Gasteiger partial charge in [0.05, 0.1) is 27.3 Å². The normalized spacial score (nSPS) is 10.2. The minimum Gasteiger partial charge on any atom is -0.496 e. The summed E-state index contributed by atoms with van der Waals surface area (Å²) in [5.74, 6) is 0.291. The van der Waals surface area contributed by atoms with Crippen molar-refractivity contribution in [2.45, 2.75) is 0 Å². The van der Waals surface area contributed by atoms with Crippen LogP contribution in [0.25, 0.3) is 0 Å². The third-order valence-electron chi connectivity index (χ3n) is 2.72. The van der Waals surface area contributed by atoms with E-state index in [2.05, 4.69) is 31.9 Å². The molecule has 0 bridgehead atoms. The number of para-hydroxylation sites is 1. The second-order valence-corrected chi connectivity index (χ2v) is 5.75. The highest BCUT2D eigenvalue weighted by atomic mass is 79.9. The Bertz CT molecular complexity index is 704. The molecule has 0 aliphatic rings. The number of hydrogen-bond donors (Lipinski definition) is 2. The van der Waals surface area contributed by atoms with E-state index in [9.17, 15) is 4.79 Å². The molecule has 5 nitrogen and oxygen atoms in total. The highest BCUT2D eigenvalue weighted by Gasteiger charge is 2.15. The second kappa shape index (κ2) is 6.36. The fourth-order valence-corrected chi connectivity index (χ4v) is 2.57. The van der Waals surface area contributed by atoms with Gasteiger partial charge in [-0.25, -0.2) is 4.79 Å². The Labute approximate surface area is 137 Å². The summed E-state index contributed by atoms with van der Waals surface area (Å²) in [5.41, 5.74) is 5.89.